The molecule has 0 aliphatic carbocycles. The molecule has 2 unspecified atom stereocenters. The van der Waals surface area contributed by atoms with E-state index in [2.05, 4.69) is 15.3 Å². The number of ether oxygens (including phenoxy) is 2. The molecule has 0 aliphatic rings. The van der Waals surface area contributed by atoms with Crippen LogP contribution in [0.3, 0.4) is 0 Å². The zero-order valence-electron chi connectivity index (χ0n) is 18.0. The molecule has 0 saturated heterocycles. The first-order valence-corrected chi connectivity index (χ1v) is 12.2. The zero-order chi connectivity index (χ0) is 22.5. The van der Waals surface area contributed by atoms with Crippen molar-refractivity contribution in [3.05, 3.63) is 64.0 Å². The Hall–Kier alpha value is -1.24. The third-order valence-corrected chi connectivity index (χ3v) is 4.32. The Balaban J connectivity index is 0.00000141. The van der Waals surface area contributed by atoms with Crippen molar-refractivity contribution in [1.82, 2.24) is 0 Å². The number of aliphatic imine (C=N–C) groups is 2. The summed E-state index contributed by atoms with van der Waals surface area (Å²) in [4.78, 5) is 9.13. The number of rotatable bonds is 8. The number of halogens is 2. The van der Waals surface area contributed by atoms with Gasteiger partial charge in [0, 0.05) is 39.1 Å². The predicted molar refractivity (Wildman–Crippen MR) is 125 cm³/mol. The van der Waals surface area contributed by atoms with E-state index in [-0.39, 0.29) is 13.1 Å². The number of methoxy groups -OCH3 is 2. The third kappa shape index (κ3) is 8.86. The molecule has 0 amide bonds. The Morgan fingerprint density at radius 3 is 1.33 bits per heavy atom. The molecule has 0 radical (unpaired) electrons. The van der Waals surface area contributed by atoms with Crippen molar-refractivity contribution < 1.29 is 22.6 Å². The standard InChI is InChI=1S/C22H28N3O2.2ClH.Fe/c1-15-9-7-10-16(2)21(15)23-13-19(26-5)25-20(27-6)14-24-22-17(3)11-8-12-18(22)4;;;/h7-14,19-20H,1-6H3;2*1H;/q-1;;;+3/p-2. The van der Waals surface area contributed by atoms with Crippen LogP contribution in [0.25, 0.3) is 5.32 Å². The number of hydrogen-bond acceptors (Lipinski definition) is 4. The fourth-order valence-corrected chi connectivity index (χ4v) is 2.76. The van der Waals surface area contributed by atoms with Gasteiger partial charge in [-0.05, 0) is 49.9 Å². The number of aryl methyl sites for hydroxylation is 4. The minimum atomic E-state index is -0.529. The number of para-hydroxylation sites is 2. The Bertz CT molecular complexity index is 739. The average Bonchev–Trinajstić information content (AvgIpc) is 2.71. The Kier molecular flexibility index (Phi) is 13.1. The SMILES string of the molecule is COC(C=Nc1c(C)cccc1C)[N-]C(C=Nc1c(C)cccc1C)OC.[Cl][Fe+][Cl]. The van der Waals surface area contributed by atoms with Crippen molar-refractivity contribution in [2.45, 2.75) is 40.2 Å². The maximum absolute atomic E-state index is 5.43. The van der Waals surface area contributed by atoms with Crippen molar-refractivity contribution in [2.24, 2.45) is 9.98 Å². The molecule has 2 atom stereocenters. The van der Waals surface area contributed by atoms with E-state index in [1.165, 1.54) is 0 Å². The van der Waals surface area contributed by atoms with Crippen LogP contribution >= 0.6 is 20.2 Å². The van der Waals surface area contributed by atoms with Gasteiger partial charge in [0.25, 0.3) is 0 Å². The molecule has 0 N–H and O–H groups in total. The third-order valence-electron chi connectivity index (χ3n) is 4.32. The van der Waals surface area contributed by atoms with Crippen LogP contribution < -0.4 is 0 Å². The second-order valence-corrected chi connectivity index (χ2v) is 8.31. The van der Waals surface area contributed by atoms with Gasteiger partial charge in [-0.15, -0.1) is 0 Å². The molecule has 2 aromatic rings. The van der Waals surface area contributed by atoms with E-state index in [0.717, 1.165) is 33.6 Å². The van der Waals surface area contributed by atoms with Crippen LogP contribution in [-0.2, 0) is 22.6 Å². The topological polar surface area (TPSA) is 57.3 Å². The van der Waals surface area contributed by atoms with Gasteiger partial charge >= 0.3 is 33.3 Å². The van der Waals surface area contributed by atoms with Crippen molar-refractivity contribution in [3.8, 4) is 0 Å². The van der Waals surface area contributed by atoms with Gasteiger partial charge in [0.1, 0.15) is 0 Å². The van der Waals surface area contributed by atoms with E-state index < -0.39 is 12.5 Å². The monoisotopic (exact) mass is 492 g/mol. The summed E-state index contributed by atoms with van der Waals surface area (Å²) in [6.07, 6.45) is 2.32. The summed E-state index contributed by atoms with van der Waals surface area (Å²) < 4.78 is 10.9. The molecule has 2 rings (SSSR count). The van der Waals surface area contributed by atoms with Crippen molar-refractivity contribution in [2.75, 3.05) is 14.2 Å². The summed E-state index contributed by atoms with van der Waals surface area (Å²) in [5.74, 6) is 0. The van der Waals surface area contributed by atoms with Gasteiger partial charge in [-0.3, -0.25) is 9.98 Å². The van der Waals surface area contributed by atoms with Crippen molar-refractivity contribution in [3.63, 3.8) is 0 Å². The van der Waals surface area contributed by atoms with Crippen LogP contribution in [0.5, 0.6) is 0 Å². The molecule has 0 spiro atoms. The molecule has 2 aromatic carbocycles. The molecule has 165 valence electrons. The summed E-state index contributed by atoms with van der Waals surface area (Å²) in [5.41, 5.74) is 6.32. The Morgan fingerprint density at radius 1 is 0.767 bits per heavy atom. The van der Waals surface area contributed by atoms with Crippen LogP contribution in [0.4, 0.5) is 11.4 Å². The van der Waals surface area contributed by atoms with Gasteiger partial charge < -0.3 is 14.8 Å². The first-order chi connectivity index (χ1) is 14.4. The molecule has 30 heavy (non-hydrogen) atoms. The zero-order valence-corrected chi connectivity index (χ0v) is 20.7. The normalized spacial score (nSPS) is 13.3. The number of hydrogen-bond donors (Lipinski definition) is 0. The van der Waals surface area contributed by atoms with Gasteiger partial charge in [0.2, 0.25) is 0 Å². The Labute approximate surface area is 194 Å². The fraction of sp³-hybridized carbons (Fsp3) is 0.364. The molecule has 8 heteroatoms. The molecular weight excluding hydrogens is 465 g/mol. The van der Waals surface area contributed by atoms with Gasteiger partial charge in [0.15, 0.2) is 0 Å². The molecule has 0 aromatic heterocycles. The second kappa shape index (κ2) is 14.7. The van der Waals surface area contributed by atoms with Gasteiger partial charge in [-0.25, -0.2) is 0 Å². The molecule has 0 aliphatic heterocycles. The number of benzene rings is 2. The fourth-order valence-electron chi connectivity index (χ4n) is 2.76. The first kappa shape index (κ1) is 26.8. The summed E-state index contributed by atoms with van der Waals surface area (Å²) in [6.45, 7) is 8.14. The van der Waals surface area contributed by atoms with E-state index in [9.17, 15) is 0 Å². The molecule has 0 bridgehead atoms. The van der Waals surface area contributed by atoms with Crippen LogP contribution in [0.2, 0.25) is 0 Å². The quantitative estimate of drug-likeness (QED) is 0.303. The first-order valence-electron chi connectivity index (χ1n) is 9.19. The molecule has 0 saturated carbocycles. The maximum atomic E-state index is 5.43. The van der Waals surface area contributed by atoms with Gasteiger partial charge in [0.05, 0.1) is 11.4 Å². The Morgan fingerprint density at radius 2 is 1.07 bits per heavy atom. The summed E-state index contributed by atoms with van der Waals surface area (Å²) in [5, 5.41) is 4.52. The van der Waals surface area contributed by atoms with Crippen LogP contribution in [0.15, 0.2) is 46.4 Å². The van der Waals surface area contributed by atoms with Gasteiger partial charge in [-0.2, -0.15) is 0 Å². The number of nitrogens with zero attached hydrogens (tertiary/aromatic N) is 3. The molecular formula is C22H28Cl2FeN3O2. The molecule has 0 fully saturated rings. The van der Waals surface area contributed by atoms with Crippen molar-refractivity contribution in [1.29, 1.82) is 0 Å². The van der Waals surface area contributed by atoms with Gasteiger partial charge in [-0.1, -0.05) is 36.4 Å². The molecule has 0 heterocycles. The van der Waals surface area contributed by atoms with E-state index in [4.69, 9.17) is 29.7 Å². The molecule has 5 nitrogen and oxygen atoms in total. The van der Waals surface area contributed by atoms with Crippen LogP contribution in [0, 0.1) is 27.7 Å². The predicted octanol–water partition coefficient (Wildman–Crippen LogP) is 6.72. The minimum absolute atomic E-state index is 0.194. The van der Waals surface area contributed by atoms with Crippen molar-refractivity contribution >= 4 is 44.0 Å². The summed E-state index contributed by atoms with van der Waals surface area (Å²) >= 11 is 0.194. The van der Waals surface area contributed by atoms with E-state index in [0.29, 0.717) is 0 Å². The average molecular weight is 493 g/mol. The second-order valence-electron chi connectivity index (χ2n) is 6.49. The summed E-state index contributed by atoms with van der Waals surface area (Å²) in [6, 6.07) is 12.2. The van der Waals surface area contributed by atoms with E-state index in [1.807, 2.05) is 64.1 Å². The summed E-state index contributed by atoms with van der Waals surface area (Å²) in [7, 11) is 12.7. The van der Waals surface area contributed by atoms with Crippen LogP contribution in [-0.4, -0.2) is 39.1 Å². The van der Waals surface area contributed by atoms with E-state index in [1.54, 1.807) is 26.6 Å². The van der Waals surface area contributed by atoms with E-state index >= 15 is 0 Å². The van der Waals surface area contributed by atoms with Crippen LogP contribution in [0.1, 0.15) is 22.3 Å².